The summed E-state index contributed by atoms with van der Waals surface area (Å²) in [5, 5.41) is 11.6. The Bertz CT molecular complexity index is 1420. The molecule has 1 saturated heterocycles. The highest BCUT2D eigenvalue weighted by molar-refractivity contribution is 5.88. The molecule has 1 atom stereocenters. The Morgan fingerprint density at radius 2 is 2.03 bits per heavy atom. The van der Waals surface area contributed by atoms with E-state index < -0.39 is 0 Å². The van der Waals surface area contributed by atoms with E-state index in [0.717, 1.165) is 41.5 Å². The minimum Gasteiger partial charge on any atom is -0.507 e. The molecule has 33 heavy (non-hydrogen) atoms. The summed E-state index contributed by atoms with van der Waals surface area (Å²) < 4.78 is 8.27. The second kappa shape index (κ2) is 8.34. The van der Waals surface area contributed by atoms with E-state index in [2.05, 4.69) is 11.8 Å². The first-order valence-electron chi connectivity index (χ1n) is 11.9. The van der Waals surface area contributed by atoms with Gasteiger partial charge in [-0.2, -0.15) is 0 Å². The van der Waals surface area contributed by atoms with E-state index in [4.69, 9.17) is 9.40 Å². The van der Waals surface area contributed by atoms with Gasteiger partial charge < -0.3 is 14.1 Å². The van der Waals surface area contributed by atoms with Crippen molar-refractivity contribution in [3.05, 3.63) is 57.4 Å². The fourth-order valence-electron chi connectivity index (χ4n) is 5.20. The third-order valence-electron chi connectivity index (χ3n) is 7.20. The van der Waals surface area contributed by atoms with Crippen LogP contribution in [0.3, 0.4) is 0 Å². The van der Waals surface area contributed by atoms with Gasteiger partial charge in [-0.05, 0) is 63.4 Å². The number of hydrogen-bond donors (Lipinski definition) is 1. The van der Waals surface area contributed by atoms with E-state index in [-0.39, 0.29) is 11.2 Å². The lowest BCUT2D eigenvalue weighted by Gasteiger charge is -2.33. The summed E-state index contributed by atoms with van der Waals surface area (Å²) in [6.45, 7) is 7.60. The molecule has 1 aliphatic rings. The summed E-state index contributed by atoms with van der Waals surface area (Å²) in [5.74, 6) is 1.37. The van der Waals surface area contributed by atoms with Crippen LogP contribution in [0.2, 0.25) is 0 Å². The van der Waals surface area contributed by atoms with E-state index in [1.54, 1.807) is 6.07 Å². The monoisotopic (exact) mass is 445 g/mol. The largest absolute Gasteiger partial charge is 0.507 e. The van der Waals surface area contributed by atoms with Crippen molar-refractivity contribution in [1.29, 1.82) is 0 Å². The van der Waals surface area contributed by atoms with E-state index >= 15 is 0 Å². The number of piperidine rings is 1. The molecular weight excluding hydrogens is 414 g/mol. The maximum Gasteiger partial charge on any atom is 0.203 e. The van der Waals surface area contributed by atoms with Crippen LogP contribution in [0.5, 0.6) is 5.75 Å². The summed E-state index contributed by atoms with van der Waals surface area (Å²) in [5.41, 5.74) is 4.16. The molecule has 1 fully saturated rings. The lowest BCUT2D eigenvalue weighted by atomic mass is 9.98. The Kier molecular flexibility index (Phi) is 5.49. The molecule has 0 amide bonds. The van der Waals surface area contributed by atoms with Crippen LogP contribution in [0.25, 0.3) is 33.4 Å². The lowest BCUT2D eigenvalue weighted by Crippen LogP contribution is -2.36. The minimum absolute atomic E-state index is 0.102. The lowest BCUT2D eigenvalue weighted by molar-refractivity contribution is 0.151. The molecule has 1 N–H and O–H groups in total. The van der Waals surface area contributed by atoms with E-state index in [0.29, 0.717) is 47.1 Å². The third kappa shape index (κ3) is 3.53. The van der Waals surface area contributed by atoms with Gasteiger partial charge in [-0.25, -0.2) is 4.98 Å². The maximum absolute atomic E-state index is 13.9. The molecule has 1 aliphatic heterocycles. The Morgan fingerprint density at radius 1 is 1.24 bits per heavy atom. The number of fused-ring (bicyclic) bond motifs is 2. The van der Waals surface area contributed by atoms with Crippen LogP contribution in [0, 0.1) is 6.92 Å². The van der Waals surface area contributed by atoms with Gasteiger partial charge in [-0.3, -0.25) is 9.69 Å². The maximum atomic E-state index is 13.9. The first kappa shape index (κ1) is 21.7. The number of aromatic hydroxyl groups is 1. The van der Waals surface area contributed by atoms with Crippen LogP contribution in [0.1, 0.15) is 50.0 Å². The van der Waals surface area contributed by atoms with Gasteiger partial charge in [-0.1, -0.05) is 25.5 Å². The average Bonchev–Trinajstić information content (AvgIpc) is 3.13. The van der Waals surface area contributed by atoms with Gasteiger partial charge in [0, 0.05) is 19.6 Å². The Morgan fingerprint density at radius 3 is 2.76 bits per heavy atom. The summed E-state index contributed by atoms with van der Waals surface area (Å²) in [6, 6.07) is 10.1. The van der Waals surface area contributed by atoms with Crippen molar-refractivity contribution in [3.8, 4) is 17.1 Å². The SMILES string of the molecule is CCc1cc2c(=O)c(-c3nc4ccccc4n3C)c(C)oc2c(CN2CCCCC2C)c1O. The van der Waals surface area contributed by atoms with Crippen LogP contribution in [0.15, 0.2) is 39.5 Å². The molecular formula is C27H31N3O3. The van der Waals surface area contributed by atoms with Crippen LogP contribution in [-0.4, -0.2) is 32.1 Å². The van der Waals surface area contributed by atoms with Crippen molar-refractivity contribution >= 4 is 22.0 Å². The smallest absolute Gasteiger partial charge is 0.203 e. The topological polar surface area (TPSA) is 71.5 Å². The van der Waals surface area contributed by atoms with Crippen molar-refractivity contribution in [1.82, 2.24) is 14.5 Å². The highest BCUT2D eigenvalue weighted by Crippen LogP contribution is 2.35. The van der Waals surface area contributed by atoms with Gasteiger partial charge in [0.1, 0.15) is 28.5 Å². The quantitative estimate of drug-likeness (QED) is 0.462. The van der Waals surface area contributed by atoms with Crippen LogP contribution >= 0.6 is 0 Å². The first-order chi connectivity index (χ1) is 15.9. The molecule has 6 heteroatoms. The fraction of sp³-hybridized carbons (Fsp3) is 0.407. The minimum atomic E-state index is -0.102. The second-order valence-corrected chi connectivity index (χ2v) is 9.25. The zero-order chi connectivity index (χ0) is 23.3. The van der Waals surface area contributed by atoms with Crippen molar-refractivity contribution in [3.63, 3.8) is 0 Å². The summed E-state index contributed by atoms with van der Waals surface area (Å²) in [6.07, 6.45) is 4.16. The Hall–Kier alpha value is -3.12. The van der Waals surface area contributed by atoms with Gasteiger partial charge in [0.2, 0.25) is 5.43 Å². The van der Waals surface area contributed by atoms with Crippen LogP contribution in [0.4, 0.5) is 0 Å². The van der Waals surface area contributed by atoms with Crippen LogP contribution in [-0.2, 0) is 20.0 Å². The highest BCUT2D eigenvalue weighted by atomic mass is 16.3. The molecule has 5 rings (SSSR count). The van der Waals surface area contributed by atoms with Gasteiger partial charge in [0.15, 0.2) is 0 Å². The van der Waals surface area contributed by atoms with Crippen molar-refractivity contribution < 1.29 is 9.52 Å². The Labute approximate surface area is 193 Å². The fourth-order valence-corrected chi connectivity index (χ4v) is 5.20. The van der Waals surface area contributed by atoms with Crippen molar-refractivity contribution in [2.45, 2.75) is 59.0 Å². The van der Waals surface area contributed by atoms with Gasteiger partial charge in [-0.15, -0.1) is 0 Å². The van der Waals surface area contributed by atoms with E-state index in [1.165, 1.54) is 6.42 Å². The van der Waals surface area contributed by atoms with E-state index in [9.17, 15) is 9.90 Å². The molecule has 172 valence electrons. The highest BCUT2D eigenvalue weighted by Gasteiger charge is 2.26. The van der Waals surface area contributed by atoms with Gasteiger partial charge in [0.25, 0.3) is 0 Å². The number of aryl methyl sites for hydroxylation is 3. The Balaban J connectivity index is 1.74. The summed E-state index contributed by atoms with van der Waals surface area (Å²) in [7, 11) is 1.92. The standard InChI is InChI=1S/C27H31N3O3/c1-5-18-14-19-25(32)23(27-28-21-11-6-7-12-22(21)29(27)4)17(3)33-26(19)20(24(18)31)15-30-13-9-8-10-16(30)2/h6-7,11-12,14,16,31H,5,8-10,13,15H2,1-4H3. The average molecular weight is 446 g/mol. The molecule has 3 heterocycles. The third-order valence-corrected chi connectivity index (χ3v) is 7.20. The molecule has 2 aromatic heterocycles. The number of aromatic nitrogens is 2. The molecule has 0 saturated carbocycles. The first-order valence-corrected chi connectivity index (χ1v) is 11.9. The zero-order valence-corrected chi connectivity index (χ0v) is 19.8. The number of para-hydroxylation sites is 2. The molecule has 6 nitrogen and oxygen atoms in total. The number of phenolic OH excluding ortho intramolecular Hbond substituents is 1. The predicted octanol–water partition coefficient (Wildman–Crippen LogP) is 5.30. The number of benzene rings is 2. The van der Waals surface area contributed by atoms with Crippen molar-refractivity contribution in [2.75, 3.05) is 6.54 Å². The molecule has 0 spiro atoms. The van der Waals surface area contributed by atoms with Crippen LogP contribution < -0.4 is 5.43 Å². The molecule has 2 aromatic carbocycles. The number of phenols is 1. The zero-order valence-electron chi connectivity index (χ0n) is 19.8. The normalized spacial score (nSPS) is 17.3. The van der Waals surface area contributed by atoms with E-state index in [1.807, 2.05) is 49.7 Å². The number of hydrogen-bond acceptors (Lipinski definition) is 5. The predicted molar refractivity (Wildman–Crippen MR) is 132 cm³/mol. The number of imidazole rings is 1. The summed E-state index contributed by atoms with van der Waals surface area (Å²) >= 11 is 0. The molecule has 1 unspecified atom stereocenters. The number of rotatable bonds is 4. The number of likely N-dealkylation sites (tertiary alicyclic amines) is 1. The van der Waals surface area contributed by atoms with Gasteiger partial charge in [0.05, 0.1) is 22.0 Å². The van der Waals surface area contributed by atoms with Gasteiger partial charge >= 0.3 is 0 Å². The molecule has 0 aliphatic carbocycles. The molecule has 0 radical (unpaired) electrons. The number of nitrogens with zero attached hydrogens (tertiary/aromatic N) is 3. The summed E-state index contributed by atoms with van der Waals surface area (Å²) in [4.78, 5) is 21.0. The second-order valence-electron chi connectivity index (χ2n) is 9.25. The molecule has 0 bridgehead atoms. The van der Waals surface area contributed by atoms with Crippen molar-refractivity contribution in [2.24, 2.45) is 7.05 Å². The molecule has 4 aromatic rings.